The highest BCUT2D eigenvalue weighted by atomic mass is 16.5. The second-order valence-electron chi connectivity index (χ2n) is 3.53. The van der Waals surface area contributed by atoms with E-state index in [4.69, 9.17) is 9.84 Å². The van der Waals surface area contributed by atoms with Gasteiger partial charge in [0.15, 0.2) is 5.69 Å². The number of aromatic carboxylic acids is 1. The van der Waals surface area contributed by atoms with Crippen molar-refractivity contribution in [3.05, 3.63) is 35.7 Å². The molecule has 0 aliphatic rings. The number of rotatable bonds is 4. The largest absolute Gasteiger partial charge is 0.495 e. The van der Waals surface area contributed by atoms with Crippen LogP contribution in [0.25, 0.3) is 0 Å². The highest BCUT2D eigenvalue weighted by Crippen LogP contribution is 2.25. The molecule has 19 heavy (non-hydrogen) atoms. The maximum Gasteiger partial charge on any atom is 0.335 e. The van der Waals surface area contributed by atoms with Gasteiger partial charge in [0.05, 0.1) is 24.6 Å². The maximum atomic E-state index is 11.8. The van der Waals surface area contributed by atoms with Crippen molar-refractivity contribution in [2.75, 3.05) is 12.4 Å². The van der Waals surface area contributed by atoms with E-state index >= 15 is 0 Å². The Morgan fingerprint density at radius 2 is 2.21 bits per heavy atom. The van der Waals surface area contributed by atoms with Crippen LogP contribution in [0, 0.1) is 0 Å². The number of carboxylic acid groups (broad SMARTS) is 1. The van der Waals surface area contributed by atoms with E-state index in [1.54, 1.807) is 0 Å². The molecule has 1 amide bonds. The van der Waals surface area contributed by atoms with Crippen LogP contribution < -0.4 is 10.1 Å². The van der Waals surface area contributed by atoms with Gasteiger partial charge in [-0.25, -0.2) is 4.79 Å². The van der Waals surface area contributed by atoms with Gasteiger partial charge < -0.3 is 15.2 Å². The Balaban J connectivity index is 2.30. The number of benzene rings is 1. The zero-order valence-electron chi connectivity index (χ0n) is 9.88. The minimum atomic E-state index is -1.10. The van der Waals surface area contributed by atoms with E-state index < -0.39 is 11.9 Å². The zero-order valence-corrected chi connectivity index (χ0v) is 9.88. The van der Waals surface area contributed by atoms with Crippen molar-refractivity contribution in [1.82, 2.24) is 15.4 Å². The quantitative estimate of drug-likeness (QED) is 0.748. The SMILES string of the molecule is COc1ccc(C(=O)O)cc1NC(=O)c1cn[nH]n1. The lowest BCUT2D eigenvalue weighted by Crippen LogP contribution is -2.13. The first-order chi connectivity index (χ1) is 9.11. The van der Waals surface area contributed by atoms with Gasteiger partial charge in [-0.3, -0.25) is 4.79 Å². The van der Waals surface area contributed by atoms with E-state index in [0.29, 0.717) is 5.75 Å². The van der Waals surface area contributed by atoms with Gasteiger partial charge in [0.2, 0.25) is 0 Å². The van der Waals surface area contributed by atoms with Gasteiger partial charge in [-0.1, -0.05) is 0 Å². The van der Waals surface area contributed by atoms with Crippen LogP contribution in [0.2, 0.25) is 0 Å². The molecule has 0 unspecified atom stereocenters. The number of hydrogen-bond donors (Lipinski definition) is 3. The Kier molecular flexibility index (Phi) is 3.42. The first kappa shape index (κ1) is 12.6. The molecule has 0 spiro atoms. The molecular weight excluding hydrogens is 252 g/mol. The van der Waals surface area contributed by atoms with Gasteiger partial charge in [-0.15, -0.1) is 0 Å². The van der Waals surface area contributed by atoms with Crippen LogP contribution >= 0.6 is 0 Å². The van der Waals surface area contributed by atoms with Crippen LogP contribution in [-0.4, -0.2) is 39.5 Å². The van der Waals surface area contributed by atoms with Crippen molar-refractivity contribution < 1.29 is 19.4 Å². The number of anilines is 1. The molecule has 0 saturated carbocycles. The minimum absolute atomic E-state index is 0.0382. The fraction of sp³-hybridized carbons (Fsp3) is 0.0909. The Morgan fingerprint density at radius 3 is 2.79 bits per heavy atom. The lowest BCUT2D eigenvalue weighted by molar-refractivity contribution is 0.0696. The van der Waals surface area contributed by atoms with E-state index in [9.17, 15) is 9.59 Å². The molecule has 1 aromatic heterocycles. The average molecular weight is 262 g/mol. The Hall–Kier alpha value is -2.90. The number of amides is 1. The lowest BCUT2D eigenvalue weighted by Gasteiger charge is -2.09. The van der Waals surface area contributed by atoms with Crippen LogP contribution in [0.1, 0.15) is 20.8 Å². The molecule has 98 valence electrons. The van der Waals surface area contributed by atoms with Crippen molar-refractivity contribution >= 4 is 17.6 Å². The van der Waals surface area contributed by atoms with Gasteiger partial charge in [-0.2, -0.15) is 15.4 Å². The number of methoxy groups -OCH3 is 1. The summed E-state index contributed by atoms with van der Waals surface area (Å²) in [7, 11) is 1.42. The molecule has 1 heterocycles. The van der Waals surface area contributed by atoms with E-state index in [1.165, 1.54) is 31.5 Å². The first-order valence-corrected chi connectivity index (χ1v) is 5.20. The molecule has 0 aliphatic heterocycles. The summed E-state index contributed by atoms with van der Waals surface area (Å²) in [4.78, 5) is 22.7. The third-order valence-corrected chi connectivity index (χ3v) is 2.34. The monoisotopic (exact) mass is 262 g/mol. The Morgan fingerprint density at radius 1 is 1.42 bits per heavy atom. The van der Waals surface area contributed by atoms with Crippen LogP contribution in [0.3, 0.4) is 0 Å². The number of hydrogen-bond acceptors (Lipinski definition) is 5. The number of carboxylic acids is 1. The predicted molar refractivity (Wildman–Crippen MR) is 64.3 cm³/mol. The van der Waals surface area contributed by atoms with E-state index in [2.05, 4.69) is 20.7 Å². The number of aromatic nitrogens is 3. The normalized spacial score (nSPS) is 9.95. The second-order valence-corrected chi connectivity index (χ2v) is 3.53. The molecule has 8 heteroatoms. The molecule has 3 N–H and O–H groups in total. The summed E-state index contributed by atoms with van der Waals surface area (Å²) < 4.78 is 5.05. The smallest absolute Gasteiger partial charge is 0.335 e. The van der Waals surface area contributed by atoms with Crippen molar-refractivity contribution in [3.63, 3.8) is 0 Å². The van der Waals surface area contributed by atoms with Gasteiger partial charge in [0, 0.05) is 0 Å². The Labute approximate surface area is 107 Å². The lowest BCUT2D eigenvalue weighted by atomic mass is 10.2. The van der Waals surface area contributed by atoms with Crippen molar-refractivity contribution in [3.8, 4) is 5.75 Å². The van der Waals surface area contributed by atoms with E-state index in [-0.39, 0.29) is 16.9 Å². The Bertz CT molecular complexity index is 609. The molecular formula is C11H10N4O4. The number of H-pyrrole nitrogens is 1. The van der Waals surface area contributed by atoms with Gasteiger partial charge >= 0.3 is 5.97 Å². The molecule has 0 aliphatic carbocycles. The standard InChI is InChI=1S/C11H10N4O4/c1-19-9-3-2-6(11(17)18)4-7(9)13-10(16)8-5-12-15-14-8/h2-5H,1H3,(H,13,16)(H,17,18)(H,12,14,15). The van der Waals surface area contributed by atoms with Crippen molar-refractivity contribution in [2.24, 2.45) is 0 Å². The summed E-state index contributed by atoms with van der Waals surface area (Å²) in [6, 6.07) is 4.15. The predicted octanol–water partition coefficient (Wildman–Crippen LogP) is 0.764. The molecule has 1 aromatic carbocycles. The van der Waals surface area contributed by atoms with Crippen LogP contribution in [-0.2, 0) is 0 Å². The van der Waals surface area contributed by atoms with Crippen LogP contribution in [0.15, 0.2) is 24.4 Å². The molecule has 0 bridgehead atoms. The van der Waals surface area contributed by atoms with Crippen LogP contribution in [0.5, 0.6) is 5.75 Å². The fourth-order valence-electron chi connectivity index (χ4n) is 1.44. The number of ether oxygens (including phenoxy) is 1. The number of aromatic amines is 1. The van der Waals surface area contributed by atoms with Gasteiger partial charge in [0.25, 0.3) is 5.91 Å². The third kappa shape index (κ3) is 2.68. The van der Waals surface area contributed by atoms with Crippen molar-refractivity contribution in [2.45, 2.75) is 0 Å². The number of carbonyl (C=O) groups is 2. The second kappa shape index (κ2) is 5.17. The van der Waals surface area contributed by atoms with Crippen molar-refractivity contribution in [1.29, 1.82) is 0 Å². The summed E-state index contributed by atoms with van der Waals surface area (Å²) in [5.41, 5.74) is 0.370. The van der Waals surface area contributed by atoms with Crippen LogP contribution in [0.4, 0.5) is 5.69 Å². The van der Waals surface area contributed by atoms with E-state index in [0.717, 1.165) is 0 Å². The first-order valence-electron chi connectivity index (χ1n) is 5.20. The zero-order chi connectivity index (χ0) is 13.8. The summed E-state index contributed by atoms with van der Waals surface area (Å²) in [5.74, 6) is -1.27. The fourth-order valence-corrected chi connectivity index (χ4v) is 1.44. The topological polar surface area (TPSA) is 117 Å². The maximum absolute atomic E-state index is 11.8. The summed E-state index contributed by atoms with van der Waals surface area (Å²) >= 11 is 0. The molecule has 0 saturated heterocycles. The average Bonchev–Trinajstić information content (AvgIpc) is 2.92. The highest BCUT2D eigenvalue weighted by Gasteiger charge is 2.14. The molecule has 2 rings (SSSR count). The highest BCUT2D eigenvalue weighted by molar-refractivity contribution is 6.04. The van der Waals surface area contributed by atoms with E-state index in [1.807, 2.05) is 0 Å². The molecule has 2 aromatic rings. The van der Waals surface area contributed by atoms with Gasteiger partial charge in [-0.05, 0) is 18.2 Å². The summed E-state index contributed by atoms with van der Waals surface area (Å²) in [5, 5.41) is 20.9. The number of carbonyl (C=O) groups excluding carboxylic acids is 1. The molecule has 0 atom stereocenters. The summed E-state index contributed by atoms with van der Waals surface area (Å²) in [6.07, 6.45) is 1.25. The molecule has 0 radical (unpaired) electrons. The third-order valence-electron chi connectivity index (χ3n) is 2.34. The number of nitrogens with one attached hydrogen (secondary N) is 2. The minimum Gasteiger partial charge on any atom is -0.495 e. The molecule has 8 nitrogen and oxygen atoms in total. The van der Waals surface area contributed by atoms with Gasteiger partial charge in [0.1, 0.15) is 5.75 Å². The number of nitrogens with zero attached hydrogens (tertiary/aromatic N) is 2. The summed E-state index contributed by atoms with van der Waals surface area (Å²) in [6.45, 7) is 0. The molecule has 0 fully saturated rings.